The third-order valence-electron chi connectivity index (χ3n) is 3.34. The van der Waals surface area contributed by atoms with Gasteiger partial charge < -0.3 is 4.74 Å². The molecule has 0 radical (unpaired) electrons. The van der Waals surface area contributed by atoms with E-state index in [2.05, 4.69) is 10.1 Å². The van der Waals surface area contributed by atoms with Crippen molar-refractivity contribution in [1.82, 2.24) is 14.6 Å². The normalized spacial score (nSPS) is 11.8. The maximum absolute atomic E-state index is 12.8. The first-order chi connectivity index (χ1) is 10.9. The van der Waals surface area contributed by atoms with Crippen LogP contribution in [0.25, 0.3) is 5.65 Å². The SMILES string of the molecule is Cc1[nH]n2c(=O)cc(C(F)(F)F)nc2c1COc1ccccc1. The van der Waals surface area contributed by atoms with Crippen molar-refractivity contribution in [3.05, 3.63) is 63.7 Å². The molecule has 0 amide bonds. The molecule has 23 heavy (non-hydrogen) atoms. The van der Waals surface area contributed by atoms with Crippen LogP contribution in [0.3, 0.4) is 0 Å². The fourth-order valence-corrected chi connectivity index (χ4v) is 2.19. The number of para-hydroxylation sites is 1. The van der Waals surface area contributed by atoms with Gasteiger partial charge >= 0.3 is 6.18 Å². The molecule has 0 saturated heterocycles. The van der Waals surface area contributed by atoms with Crippen LogP contribution in [0.1, 0.15) is 17.0 Å². The van der Waals surface area contributed by atoms with E-state index >= 15 is 0 Å². The number of H-pyrrole nitrogens is 1. The number of halogens is 3. The Morgan fingerprint density at radius 1 is 1.26 bits per heavy atom. The average Bonchev–Trinajstić information content (AvgIpc) is 2.82. The summed E-state index contributed by atoms with van der Waals surface area (Å²) < 4.78 is 45.0. The smallest absolute Gasteiger partial charge is 0.433 e. The lowest BCUT2D eigenvalue weighted by molar-refractivity contribution is -0.141. The molecule has 2 heterocycles. The number of aromatic amines is 1. The van der Waals surface area contributed by atoms with E-state index in [1.165, 1.54) is 0 Å². The molecule has 0 aliphatic rings. The molecule has 0 spiro atoms. The number of aromatic nitrogens is 3. The summed E-state index contributed by atoms with van der Waals surface area (Å²) in [6.07, 6.45) is -4.68. The van der Waals surface area contributed by atoms with Gasteiger partial charge in [0.05, 0.1) is 5.56 Å². The molecule has 3 rings (SSSR count). The number of ether oxygens (including phenoxy) is 1. The first-order valence-electron chi connectivity index (χ1n) is 6.72. The first kappa shape index (κ1) is 15.1. The van der Waals surface area contributed by atoms with Crippen LogP contribution in [0.2, 0.25) is 0 Å². The van der Waals surface area contributed by atoms with Crippen LogP contribution in [0.5, 0.6) is 5.75 Å². The molecule has 120 valence electrons. The number of hydrogen-bond acceptors (Lipinski definition) is 3. The summed E-state index contributed by atoms with van der Waals surface area (Å²) in [5, 5.41) is 2.70. The van der Waals surface area contributed by atoms with E-state index < -0.39 is 17.4 Å². The Labute approximate surface area is 128 Å². The molecule has 0 fully saturated rings. The van der Waals surface area contributed by atoms with Crippen molar-refractivity contribution in [3.63, 3.8) is 0 Å². The van der Waals surface area contributed by atoms with Crippen LogP contribution in [-0.2, 0) is 12.8 Å². The summed E-state index contributed by atoms with van der Waals surface area (Å²) in [6, 6.07) is 9.30. The molecule has 1 aromatic carbocycles. The minimum Gasteiger partial charge on any atom is -0.489 e. The van der Waals surface area contributed by atoms with Crippen molar-refractivity contribution in [2.24, 2.45) is 0 Å². The molecule has 1 N–H and O–H groups in total. The lowest BCUT2D eigenvalue weighted by Gasteiger charge is -2.07. The first-order valence-corrected chi connectivity index (χ1v) is 6.72. The molecule has 0 aliphatic carbocycles. The summed E-state index contributed by atoms with van der Waals surface area (Å²) in [5.41, 5.74) is -1.21. The fraction of sp³-hybridized carbons (Fsp3) is 0.200. The molecule has 8 heteroatoms. The van der Waals surface area contributed by atoms with Gasteiger partial charge in [-0.3, -0.25) is 9.89 Å². The Morgan fingerprint density at radius 2 is 1.96 bits per heavy atom. The van der Waals surface area contributed by atoms with Gasteiger partial charge in [0.2, 0.25) is 0 Å². The predicted molar refractivity (Wildman–Crippen MR) is 76.3 cm³/mol. The van der Waals surface area contributed by atoms with Crippen LogP contribution in [-0.4, -0.2) is 14.6 Å². The van der Waals surface area contributed by atoms with E-state index in [1.54, 1.807) is 31.2 Å². The number of fused-ring (bicyclic) bond motifs is 1. The Kier molecular flexibility index (Phi) is 3.59. The number of alkyl halides is 3. The monoisotopic (exact) mass is 323 g/mol. The number of aryl methyl sites for hydroxylation is 1. The quantitative estimate of drug-likeness (QED) is 0.806. The zero-order valence-corrected chi connectivity index (χ0v) is 12.0. The third kappa shape index (κ3) is 2.92. The Balaban J connectivity index is 2.04. The maximum Gasteiger partial charge on any atom is 0.433 e. The largest absolute Gasteiger partial charge is 0.489 e. The molecule has 3 aromatic rings. The van der Waals surface area contributed by atoms with E-state index in [-0.39, 0.29) is 12.3 Å². The highest BCUT2D eigenvalue weighted by atomic mass is 19.4. The van der Waals surface area contributed by atoms with Gasteiger partial charge in [-0.1, -0.05) is 18.2 Å². The summed E-state index contributed by atoms with van der Waals surface area (Å²) in [5.74, 6) is 0.570. The Morgan fingerprint density at radius 3 is 2.61 bits per heavy atom. The molecule has 0 unspecified atom stereocenters. The summed E-state index contributed by atoms with van der Waals surface area (Å²) in [4.78, 5) is 15.4. The zero-order chi connectivity index (χ0) is 16.6. The van der Waals surface area contributed by atoms with Crippen molar-refractivity contribution >= 4 is 5.65 Å². The van der Waals surface area contributed by atoms with Gasteiger partial charge in [-0.15, -0.1) is 0 Å². The highest BCUT2D eigenvalue weighted by Crippen LogP contribution is 2.27. The van der Waals surface area contributed by atoms with E-state index in [9.17, 15) is 18.0 Å². The molecular weight excluding hydrogens is 311 g/mol. The number of hydrogen-bond donors (Lipinski definition) is 1. The summed E-state index contributed by atoms with van der Waals surface area (Å²) in [6.45, 7) is 1.64. The van der Waals surface area contributed by atoms with Gasteiger partial charge in [0.1, 0.15) is 12.4 Å². The Bertz CT molecular complexity index is 898. The second-order valence-corrected chi connectivity index (χ2v) is 4.95. The molecule has 0 atom stereocenters. The van der Waals surface area contributed by atoms with Gasteiger partial charge in [-0.2, -0.15) is 13.2 Å². The molecule has 5 nitrogen and oxygen atoms in total. The van der Waals surface area contributed by atoms with Gasteiger partial charge in [0.25, 0.3) is 5.56 Å². The minimum absolute atomic E-state index is 0.00338. The van der Waals surface area contributed by atoms with E-state index in [0.29, 0.717) is 23.1 Å². The van der Waals surface area contributed by atoms with Crippen LogP contribution in [0.15, 0.2) is 41.2 Å². The summed E-state index contributed by atoms with van der Waals surface area (Å²) >= 11 is 0. The summed E-state index contributed by atoms with van der Waals surface area (Å²) in [7, 11) is 0. The molecule has 0 aliphatic heterocycles. The number of nitrogens with zero attached hydrogens (tertiary/aromatic N) is 2. The van der Waals surface area contributed by atoms with Crippen molar-refractivity contribution in [3.8, 4) is 5.75 Å². The van der Waals surface area contributed by atoms with Crippen LogP contribution >= 0.6 is 0 Å². The van der Waals surface area contributed by atoms with Crippen molar-refractivity contribution in [2.75, 3.05) is 0 Å². The molecule has 2 aromatic heterocycles. The predicted octanol–water partition coefficient (Wildman–Crippen LogP) is 2.93. The number of benzene rings is 1. The van der Waals surface area contributed by atoms with Crippen molar-refractivity contribution in [1.29, 1.82) is 0 Å². The van der Waals surface area contributed by atoms with Crippen LogP contribution in [0.4, 0.5) is 13.2 Å². The maximum atomic E-state index is 12.8. The van der Waals surface area contributed by atoms with Crippen LogP contribution < -0.4 is 10.3 Å². The number of rotatable bonds is 3. The minimum atomic E-state index is -4.68. The lowest BCUT2D eigenvalue weighted by Crippen LogP contribution is -2.20. The van der Waals surface area contributed by atoms with Gasteiger partial charge in [-0.05, 0) is 19.1 Å². The second-order valence-electron chi connectivity index (χ2n) is 4.95. The van der Waals surface area contributed by atoms with Gasteiger partial charge in [0.15, 0.2) is 11.3 Å². The topological polar surface area (TPSA) is 59.4 Å². The zero-order valence-electron chi connectivity index (χ0n) is 12.0. The van der Waals surface area contributed by atoms with Gasteiger partial charge in [0, 0.05) is 11.8 Å². The van der Waals surface area contributed by atoms with E-state index in [0.717, 1.165) is 4.52 Å². The average molecular weight is 323 g/mol. The molecule has 0 saturated carbocycles. The Hall–Kier alpha value is -2.77. The van der Waals surface area contributed by atoms with Gasteiger partial charge in [-0.25, -0.2) is 9.50 Å². The van der Waals surface area contributed by atoms with E-state index in [1.807, 2.05) is 6.07 Å². The molecular formula is C15H12F3N3O2. The highest BCUT2D eigenvalue weighted by Gasteiger charge is 2.34. The number of nitrogens with one attached hydrogen (secondary N) is 1. The lowest BCUT2D eigenvalue weighted by atomic mass is 10.2. The second kappa shape index (κ2) is 5.45. The van der Waals surface area contributed by atoms with Crippen LogP contribution in [0, 0.1) is 6.92 Å². The third-order valence-corrected chi connectivity index (χ3v) is 3.34. The fourth-order valence-electron chi connectivity index (χ4n) is 2.19. The standard InChI is InChI=1S/C15H12F3N3O2/c1-9-11(8-23-10-5-3-2-4-6-10)14-19-12(15(16,17)18)7-13(22)21(14)20-9/h2-7,20H,8H2,1H3. The van der Waals surface area contributed by atoms with Crippen molar-refractivity contribution < 1.29 is 17.9 Å². The molecule has 0 bridgehead atoms. The van der Waals surface area contributed by atoms with Crippen molar-refractivity contribution in [2.45, 2.75) is 19.7 Å². The van der Waals surface area contributed by atoms with E-state index in [4.69, 9.17) is 4.74 Å². The highest BCUT2D eigenvalue weighted by molar-refractivity contribution is 5.50.